The summed E-state index contributed by atoms with van der Waals surface area (Å²) in [6.45, 7) is 2.23. The van der Waals surface area contributed by atoms with E-state index in [2.05, 4.69) is 5.32 Å². The Balaban J connectivity index is 1.47. The lowest BCUT2D eigenvalue weighted by Gasteiger charge is -2.48. The molecule has 156 valence electrons. The Morgan fingerprint density at radius 1 is 1.23 bits per heavy atom. The lowest BCUT2D eigenvalue weighted by Crippen LogP contribution is -2.62. The molecule has 2 heterocycles. The third kappa shape index (κ3) is 3.39. The van der Waals surface area contributed by atoms with Gasteiger partial charge in [0.2, 0.25) is 11.8 Å². The van der Waals surface area contributed by atoms with Crippen LogP contribution >= 0.6 is 11.6 Å². The van der Waals surface area contributed by atoms with E-state index in [0.717, 1.165) is 0 Å². The van der Waals surface area contributed by atoms with E-state index < -0.39 is 5.66 Å². The largest absolute Gasteiger partial charge is 0.506 e. The van der Waals surface area contributed by atoms with E-state index in [-0.39, 0.29) is 35.6 Å². The number of benzene rings is 2. The number of hydrogen-bond donors (Lipinski definition) is 2. The number of anilines is 2. The summed E-state index contributed by atoms with van der Waals surface area (Å²) >= 11 is 5.90. The highest BCUT2D eigenvalue weighted by molar-refractivity contribution is 6.31. The van der Waals surface area contributed by atoms with Gasteiger partial charge in [0, 0.05) is 24.4 Å². The molecule has 2 aliphatic rings. The molecule has 1 fully saturated rings. The minimum atomic E-state index is -0.732. The van der Waals surface area contributed by atoms with Crippen LogP contribution in [0.1, 0.15) is 43.0 Å². The first-order chi connectivity index (χ1) is 14.3. The maximum absolute atomic E-state index is 13.2. The molecule has 30 heavy (non-hydrogen) atoms. The van der Waals surface area contributed by atoms with Gasteiger partial charge >= 0.3 is 0 Å². The lowest BCUT2D eigenvalue weighted by molar-refractivity contribution is -0.118. The fraction of sp³-hybridized carbons (Fsp3) is 0.318. The van der Waals surface area contributed by atoms with Crippen LogP contribution < -0.4 is 10.2 Å². The summed E-state index contributed by atoms with van der Waals surface area (Å²) in [7, 11) is 0. The quantitative estimate of drug-likeness (QED) is 0.711. The van der Waals surface area contributed by atoms with Crippen LogP contribution in [-0.2, 0) is 9.59 Å². The van der Waals surface area contributed by atoms with Crippen LogP contribution in [0.4, 0.5) is 11.4 Å². The number of carbonyl (C=O) groups is 3. The summed E-state index contributed by atoms with van der Waals surface area (Å²) in [5, 5.41) is 12.9. The minimum absolute atomic E-state index is 0.00313. The summed E-state index contributed by atoms with van der Waals surface area (Å²) in [4.78, 5) is 41.5. The molecular formula is C22H22ClN3O4. The number of fused-ring (bicyclic) bond motifs is 3. The summed E-state index contributed by atoms with van der Waals surface area (Å²) in [6.07, 6.45) is 1.50. The number of halogens is 1. The van der Waals surface area contributed by atoms with Crippen molar-refractivity contribution in [1.29, 1.82) is 0 Å². The molecular weight excluding hydrogens is 406 g/mol. The van der Waals surface area contributed by atoms with E-state index in [1.807, 2.05) is 13.0 Å². The van der Waals surface area contributed by atoms with Crippen LogP contribution in [-0.4, -0.2) is 39.9 Å². The summed E-state index contributed by atoms with van der Waals surface area (Å²) in [5.74, 6) is -0.492. The molecule has 0 aliphatic carbocycles. The van der Waals surface area contributed by atoms with Gasteiger partial charge in [-0.3, -0.25) is 19.3 Å². The standard InChI is InChI=1S/C22H22ClN3O4/c1-22-11-10-20(29)26(22)17-6-3-2-5-15(17)21(30)25(22)12-4-7-19(28)24-16-13-14(23)8-9-18(16)27/h2-3,5-6,8-9,13,27H,4,7,10-12H2,1H3,(H,24,28). The summed E-state index contributed by atoms with van der Waals surface area (Å²) in [5.41, 5.74) is 0.663. The fourth-order valence-electron chi connectivity index (χ4n) is 4.26. The molecule has 3 amide bonds. The predicted molar refractivity (Wildman–Crippen MR) is 114 cm³/mol. The number of nitrogens with one attached hydrogen (secondary N) is 1. The molecule has 0 aromatic heterocycles. The highest BCUT2D eigenvalue weighted by Gasteiger charge is 2.52. The number of rotatable bonds is 5. The van der Waals surface area contributed by atoms with E-state index in [9.17, 15) is 19.5 Å². The van der Waals surface area contributed by atoms with Crippen molar-refractivity contribution in [2.24, 2.45) is 0 Å². The lowest BCUT2D eigenvalue weighted by atomic mass is 9.98. The van der Waals surface area contributed by atoms with Crippen molar-refractivity contribution >= 4 is 40.7 Å². The number of carbonyl (C=O) groups excluding carboxylic acids is 3. The molecule has 0 spiro atoms. The summed E-state index contributed by atoms with van der Waals surface area (Å²) < 4.78 is 0. The van der Waals surface area contributed by atoms with Crippen molar-refractivity contribution < 1.29 is 19.5 Å². The number of hydrogen-bond acceptors (Lipinski definition) is 4. The molecule has 8 heteroatoms. The van der Waals surface area contributed by atoms with Crippen molar-refractivity contribution in [2.45, 2.75) is 38.3 Å². The molecule has 0 bridgehead atoms. The number of nitrogens with zero attached hydrogens (tertiary/aromatic N) is 2. The monoisotopic (exact) mass is 427 g/mol. The molecule has 1 atom stereocenters. The zero-order valence-electron chi connectivity index (χ0n) is 16.5. The van der Waals surface area contributed by atoms with E-state index in [1.54, 1.807) is 28.0 Å². The third-order valence-electron chi connectivity index (χ3n) is 5.76. The molecule has 1 saturated heterocycles. The first-order valence-corrected chi connectivity index (χ1v) is 10.2. The highest BCUT2D eigenvalue weighted by atomic mass is 35.5. The zero-order chi connectivity index (χ0) is 21.5. The van der Waals surface area contributed by atoms with E-state index in [4.69, 9.17) is 11.6 Å². The second-order valence-electron chi connectivity index (χ2n) is 7.73. The second kappa shape index (κ2) is 7.65. The normalized spacial score (nSPS) is 20.2. The minimum Gasteiger partial charge on any atom is -0.506 e. The second-order valence-corrected chi connectivity index (χ2v) is 8.17. The number of phenols is 1. The third-order valence-corrected chi connectivity index (χ3v) is 6.00. The maximum Gasteiger partial charge on any atom is 0.257 e. The average molecular weight is 428 g/mol. The Bertz CT molecular complexity index is 1040. The van der Waals surface area contributed by atoms with Crippen LogP contribution in [0.15, 0.2) is 42.5 Å². The van der Waals surface area contributed by atoms with Crippen LogP contribution in [0.2, 0.25) is 5.02 Å². The van der Waals surface area contributed by atoms with Crippen LogP contribution in [0.5, 0.6) is 5.75 Å². The molecule has 2 aromatic carbocycles. The van der Waals surface area contributed by atoms with Gasteiger partial charge < -0.3 is 15.3 Å². The number of aromatic hydroxyl groups is 1. The van der Waals surface area contributed by atoms with E-state index in [0.29, 0.717) is 42.1 Å². The van der Waals surface area contributed by atoms with Gasteiger partial charge in [0.25, 0.3) is 5.91 Å². The fourth-order valence-corrected chi connectivity index (χ4v) is 4.43. The van der Waals surface area contributed by atoms with Gasteiger partial charge in [-0.15, -0.1) is 0 Å². The number of amides is 3. The smallest absolute Gasteiger partial charge is 0.257 e. The van der Waals surface area contributed by atoms with Gasteiger partial charge in [0.15, 0.2) is 0 Å². The molecule has 0 radical (unpaired) electrons. The van der Waals surface area contributed by atoms with Crippen molar-refractivity contribution in [3.05, 3.63) is 53.1 Å². The topological polar surface area (TPSA) is 90.0 Å². The first kappa shape index (κ1) is 20.2. The molecule has 2 aliphatic heterocycles. The van der Waals surface area contributed by atoms with E-state index >= 15 is 0 Å². The zero-order valence-corrected chi connectivity index (χ0v) is 17.3. The Morgan fingerprint density at radius 2 is 2.00 bits per heavy atom. The van der Waals surface area contributed by atoms with Crippen molar-refractivity contribution in [1.82, 2.24) is 4.90 Å². The van der Waals surface area contributed by atoms with Crippen LogP contribution in [0.25, 0.3) is 0 Å². The van der Waals surface area contributed by atoms with Crippen LogP contribution in [0.3, 0.4) is 0 Å². The Morgan fingerprint density at radius 3 is 2.80 bits per heavy atom. The molecule has 1 unspecified atom stereocenters. The molecule has 2 N–H and O–H groups in total. The average Bonchev–Trinajstić information content (AvgIpc) is 3.03. The van der Waals surface area contributed by atoms with Gasteiger partial charge in [-0.2, -0.15) is 0 Å². The van der Waals surface area contributed by atoms with Gasteiger partial charge in [0.1, 0.15) is 11.4 Å². The Kier molecular flexibility index (Phi) is 5.15. The predicted octanol–water partition coefficient (Wildman–Crippen LogP) is 3.76. The van der Waals surface area contributed by atoms with Crippen molar-refractivity contribution in [3.8, 4) is 5.75 Å². The molecule has 4 rings (SSSR count). The highest BCUT2D eigenvalue weighted by Crippen LogP contribution is 2.44. The van der Waals surface area contributed by atoms with Gasteiger partial charge in [0.05, 0.1) is 16.9 Å². The van der Waals surface area contributed by atoms with Gasteiger partial charge in [-0.1, -0.05) is 23.7 Å². The summed E-state index contributed by atoms with van der Waals surface area (Å²) in [6, 6.07) is 11.5. The van der Waals surface area contributed by atoms with Gasteiger partial charge in [-0.25, -0.2) is 0 Å². The Labute approximate surface area is 179 Å². The number of para-hydroxylation sites is 1. The molecule has 0 saturated carbocycles. The van der Waals surface area contributed by atoms with Crippen LogP contribution in [0, 0.1) is 0 Å². The van der Waals surface area contributed by atoms with Crippen molar-refractivity contribution in [2.75, 3.05) is 16.8 Å². The maximum atomic E-state index is 13.2. The first-order valence-electron chi connectivity index (χ1n) is 9.84. The molecule has 7 nitrogen and oxygen atoms in total. The van der Waals surface area contributed by atoms with E-state index in [1.165, 1.54) is 18.2 Å². The van der Waals surface area contributed by atoms with Gasteiger partial charge in [-0.05, 0) is 50.1 Å². The molecule has 2 aromatic rings. The SMILES string of the molecule is CC12CCC(=O)N1c1ccccc1C(=O)N2CCCC(=O)Nc1cc(Cl)ccc1O. The van der Waals surface area contributed by atoms with Crippen molar-refractivity contribution in [3.63, 3.8) is 0 Å². The number of phenolic OH excluding ortho intramolecular Hbond substituents is 1. The Hall–Kier alpha value is -3.06.